The molecule has 90 valence electrons. The molecule has 0 bridgehead atoms. The van der Waals surface area contributed by atoms with Gasteiger partial charge in [-0.25, -0.2) is 4.98 Å². The lowest BCUT2D eigenvalue weighted by Gasteiger charge is -2.13. The van der Waals surface area contributed by atoms with Gasteiger partial charge in [-0.1, -0.05) is 29.3 Å². The summed E-state index contributed by atoms with van der Waals surface area (Å²) in [7, 11) is 2.00. The fourth-order valence-corrected chi connectivity index (χ4v) is 2.13. The maximum absolute atomic E-state index is 6.24. The number of rotatable bonds is 3. The van der Waals surface area contributed by atoms with Crippen LogP contribution in [0.3, 0.4) is 0 Å². The molecule has 2 aromatic rings. The molecule has 2 rings (SSSR count). The Kier molecular flexibility index (Phi) is 3.29. The lowest BCUT2D eigenvalue weighted by Crippen LogP contribution is -2.16. The Labute approximate surface area is 102 Å². The van der Waals surface area contributed by atoms with Crippen LogP contribution in [0.5, 0.6) is 0 Å². The molecule has 0 spiro atoms. The molecule has 0 fully saturated rings. The van der Waals surface area contributed by atoms with Gasteiger partial charge in [0.05, 0.1) is 0 Å². The van der Waals surface area contributed by atoms with E-state index >= 15 is 0 Å². The minimum Gasteiger partial charge on any atom is -0.338 e. The minimum absolute atomic E-state index is 0.00898. The van der Waals surface area contributed by atoms with E-state index in [0.29, 0.717) is 0 Å². The van der Waals surface area contributed by atoms with Crippen LogP contribution in [0.1, 0.15) is 28.6 Å². The summed E-state index contributed by atoms with van der Waals surface area (Å²) in [5.41, 5.74) is 9.94. The molecule has 1 unspecified atom stereocenters. The van der Waals surface area contributed by atoms with Crippen molar-refractivity contribution in [2.45, 2.75) is 26.3 Å². The second-order valence-corrected chi connectivity index (χ2v) is 4.69. The van der Waals surface area contributed by atoms with Crippen molar-refractivity contribution in [3.05, 3.63) is 53.1 Å². The molecule has 2 N–H and O–H groups in total. The van der Waals surface area contributed by atoms with Crippen LogP contribution in [0.4, 0.5) is 0 Å². The maximum atomic E-state index is 6.24. The van der Waals surface area contributed by atoms with E-state index in [0.717, 1.165) is 12.2 Å². The van der Waals surface area contributed by atoms with E-state index in [1.165, 1.54) is 16.7 Å². The second kappa shape index (κ2) is 4.72. The Hall–Kier alpha value is -1.61. The molecule has 17 heavy (non-hydrogen) atoms. The molecule has 1 aromatic carbocycles. The van der Waals surface area contributed by atoms with Gasteiger partial charge < -0.3 is 10.3 Å². The van der Waals surface area contributed by atoms with Crippen LogP contribution in [0.2, 0.25) is 0 Å². The van der Waals surface area contributed by atoms with E-state index in [-0.39, 0.29) is 6.04 Å². The van der Waals surface area contributed by atoms with Crippen LogP contribution in [0.15, 0.2) is 30.6 Å². The third-order valence-corrected chi connectivity index (χ3v) is 3.00. The number of aromatic nitrogens is 2. The molecule has 3 heteroatoms. The number of hydrogen-bond acceptors (Lipinski definition) is 2. The van der Waals surface area contributed by atoms with Crippen LogP contribution < -0.4 is 5.73 Å². The number of nitrogens with two attached hydrogens (primary N) is 1. The van der Waals surface area contributed by atoms with Crippen molar-refractivity contribution in [2.24, 2.45) is 12.8 Å². The Morgan fingerprint density at radius 1 is 1.24 bits per heavy atom. The molecular weight excluding hydrogens is 210 g/mol. The molecule has 0 saturated heterocycles. The summed E-state index contributed by atoms with van der Waals surface area (Å²) < 4.78 is 2.02. The summed E-state index contributed by atoms with van der Waals surface area (Å²) in [5, 5.41) is 0. The first-order valence-electron chi connectivity index (χ1n) is 5.86. The highest BCUT2D eigenvalue weighted by atomic mass is 15.0. The number of imidazole rings is 1. The van der Waals surface area contributed by atoms with E-state index < -0.39 is 0 Å². The number of benzene rings is 1. The highest BCUT2D eigenvalue weighted by molar-refractivity contribution is 5.30. The predicted octanol–water partition coefficient (Wildman–Crippen LogP) is 2.28. The summed E-state index contributed by atoms with van der Waals surface area (Å²) in [5.74, 6) is 1.02. The molecule has 1 heterocycles. The Bertz CT molecular complexity index is 494. The first-order chi connectivity index (χ1) is 8.06. The van der Waals surface area contributed by atoms with Gasteiger partial charge in [0.2, 0.25) is 0 Å². The van der Waals surface area contributed by atoms with E-state index in [1.54, 1.807) is 0 Å². The van der Waals surface area contributed by atoms with Crippen LogP contribution in [0, 0.1) is 13.8 Å². The highest BCUT2D eigenvalue weighted by Gasteiger charge is 2.10. The van der Waals surface area contributed by atoms with Crippen LogP contribution in [-0.2, 0) is 13.5 Å². The third kappa shape index (κ3) is 2.74. The van der Waals surface area contributed by atoms with E-state index in [1.807, 2.05) is 24.0 Å². The molecular formula is C14H19N3. The number of nitrogens with zero attached hydrogens (tertiary/aromatic N) is 2. The SMILES string of the molecule is Cc1cc(C)cc(C(N)Cc2nccn2C)c1. The summed E-state index contributed by atoms with van der Waals surface area (Å²) >= 11 is 0. The molecule has 3 nitrogen and oxygen atoms in total. The molecule has 0 aliphatic rings. The van der Waals surface area contributed by atoms with Crippen molar-refractivity contribution in [3.8, 4) is 0 Å². The Balaban J connectivity index is 2.20. The maximum Gasteiger partial charge on any atom is 0.110 e. The van der Waals surface area contributed by atoms with E-state index in [4.69, 9.17) is 5.73 Å². The quantitative estimate of drug-likeness (QED) is 0.877. The number of hydrogen-bond donors (Lipinski definition) is 1. The molecule has 1 atom stereocenters. The van der Waals surface area contributed by atoms with Gasteiger partial charge in [0.1, 0.15) is 5.82 Å². The molecule has 0 aliphatic carbocycles. The topological polar surface area (TPSA) is 43.8 Å². The van der Waals surface area contributed by atoms with Gasteiger partial charge in [-0.3, -0.25) is 0 Å². The molecule has 0 amide bonds. The van der Waals surface area contributed by atoms with Crippen LogP contribution in [-0.4, -0.2) is 9.55 Å². The van der Waals surface area contributed by atoms with Gasteiger partial charge in [0.15, 0.2) is 0 Å². The van der Waals surface area contributed by atoms with Crippen molar-refractivity contribution in [2.75, 3.05) is 0 Å². The normalized spacial score (nSPS) is 12.7. The molecule has 0 aliphatic heterocycles. The molecule has 1 aromatic heterocycles. The summed E-state index contributed by atoms with van der Waals surface area (Å²) in [6.45, 7) is 4.20. The van der Waals surface area contributed by atoms with Crippen molar-refractivity contribution < 1.29 is 0 Å². The fraction of sp³-hybridized carbons (Fsp3) is 0.357. The minimum atomic E-state index is 0.00898. The Morgan fingerprint density at radius 3 is 2.41 bits per heavy atom. The van der Waals surface area contributed by atoms with E-state index in [2.05, 4.69) is 37.0 Å². The zero-order valence-electron chi connectivity index (χ0n) is 10.6. The fourth-order valence-electron chi connectivity index (χ4n) is 2.13. The van der Waals surface area contributed by atoms with Gasteiger partial charge in [0, 0.05) is 31.9 Å². The average molecular weight is 229 g/mol. The molecule has 0 saturated carbocycles. The predicted molar refractivity (Wildman–Crippen MR) is 69.8 cm³/mol. The van der Waals surface area contributed by atoms with Gasteiger partial charge >= 0.3 is 0 Å². The van der Waals surface area contributed by atoms with Gasteiger partial charge in [-0.05, 0) is 19.4 Å². The molecule has 0 radical (unpaired) electrons. The number of aryl methyl sites for hydroxylation is 3. The second-order valence-electron chi connectivity index (χ2n) is 4.69. The van der Waals surface area contributed by atoms with Crippen molar-refractivity contribution in [1.29, 1.82) is 0 Å². The summed E-state index contributed by atoms with van der Waals surface area (Å²) in [4.78, 5) is 4.31. The third-order valence-electron chi connectivity index (χ3n) is 3.00. The standard InChI is InChI=1S/C14H19N3/c1-10-6-11(2)8-12(7-10)13(15)9-14-16-4-5-17(14)3/h4-8,13H,9,15H2,1-3H3. The van der Waals surface area contributed by atoms with Gasteiger partial charge in [0.25, 0.3) is 0 Å². The van der Waals surface area contributed by atoms with Crippen LogP contribution >= 0.6 is 0 Å². The monoisotopic (exact) mass is 229 g/mol. The Morgan fingerprint density at radius 2 is 1.88 bits per heavy atom. The smallest absolute Gasteiger partial charge is 0.110 e. The summed E-state index contributed by atoms with van der Waals surface area (Å²) in [6, 6.07) is 6.48. The average Bonchev–Trinajstić information content (AvgIpc) is 2.63. The summed E-state index contributed by atoms with van der Waals surface area (Å²) in [6.07, 6.45) is 4.53. The van der Waals surface area contributed by atoms with Crippen molar-refractivity contribution in [1.82, 2.24) is 9.55 Å². The first-order valence-corrected chi connectivity index (χ1v) is 5.86. The zero-order chi connectivity index (χ0) is 12.4. The van der Waals surface area contributed by atoms with Crippen LogP contribution in [0.25, 0.3) is 0 Å². The van der Waals surface area contributed by atoms with Crippen molar-refractivity contribution in [3.63, 3.8) is 0 Å². The lowest BCUT2D eigenvalue weighted by atomic mass is 9.99. The highest BCUT2D eigenvalue weighted by Crippen LogP contribution is 2.18. The van der Waals surface area contributed by atoms with Crippen molar-refractivity contribution >= 4 is 0 Å². The lowest BCUT2D eigenvalue weighted by molar-refractivity contribution is 0.659. The largest absolute Gasteiger partial charge is 0.338 e. The zero-order valence-corrected chi connectivity index (χ0v) is 10.6. The van der Waals surface area contributed by atoms with E-state index in [9.17, 15) is 0 Å². The van der Waals surface area contributed by atoms with Gasteiger partial charge in [-0.15, -0.1) is 0 Å². The van der Waals surface area contributed by atoms with Gasteiger partial charge in [-0.2, -0.15) is 0 Å². The first kappa shape index (κ1) is 11.9.